The van der Waals surface area contributed by atoms with Crippen molar-refractivity contribution in [1.29, 1.82) is 0 Å². The first kappa shape index (κ1) is 14.1. The number of nitrogens with zero attached hydrogens (tertiary/aromatic N) is 3. The normalized spacial score (nSPS) is 14.5. The van der Waals surface area contributed by atoms with Gasteiger partial charge >= 0.3 is 0 Å². The van der Waals surface area contributed by atoms with E-state index in [2.05, 4.69) is 9.97 Å². The summed E-state index contributed by atoms with van der Waals surface area (Å²) in [6.45, 7) is 1.68. The number of pyridine rings is 1. The minimum atomic E-state index is 0.0834. The Kier molecular flexibility index (Phi) is 3.46. The number of rotatable bonds is 2. The first-order chi connectivity index (χ1) is 11.2. The lowest BCUT2D eigenvalue weighted by atomic mass is 10.2. The molecule has 1 fully saturated rings. The molecule has 0 bridgehead atoms. The summed E-state index contributed by atoms with van der Waals surface area (Å²) < 4.78 is 0.926. The Bertz CT molecular complexity index is 884. The summed E-state index contributed by atoms with van der Waals surface area (Å²) in [6.07, 6.45) is 3.79. The maximum absolute atomic E-state index is 12.5. The van der Waals surface area contributed by atoms with Gasteiger partial charge < -0.3 is 10.0 Å². The van der Waals surface area contributed by atoms with Crippen LogP contribution in [-0.4, -0.2) is 39.0 Å². The highest BCUT2D eigenvalue weighted by atomic mass is 32.1. The van der Waals surface area contributed by atoms with Crippen LogP contribution in [0, 0.1) is 0 Å². The first-order valence-corrected chi connectivity index (χ1v) is 8.38. The Morgan fingerprint density at radius 2 is 2.04 bits per heavy atom. The molecule has 2 aromatic heterocycles. The van der Waals surface area contributed by atoms with Crippen LogP contribution in [0.25, 0.3) is 20.9 Å². The number of fused-ring (bicyclic) bond motifs is 1. The minimum absolute atomic E-state index is 0.0834. The van der Waals surface area contributed by atoms with Crippen LogP contribution in [0.5, 0.6) is 5.75 Å². The Morgan fingerprint density at radius 3 is 2.83 bits per heavy atom. The molecule has 0 atom stereocenters. The third kappa shape index (κ3) is 2.55. The molecule has 0 aliphatic carbocycles. The highest BCUT2D eigenvalue weighted by Crippen LogP contribution is 2.34. The zero-order valence-corrected chi connectivity index (χ0v) is 13.2. The summed E-state index contributed by atoms with van der Waals surface area (Å²) in [5, 5.41) is 10.6. The Hall–Kier alpha value is -2.47. The molecule has 0 saturated carbocycles. The standard InChI is InChI=1S/C17H15N3O2S/c21-13-4-3-7-18-15(13)16-19-12-6-5-11(10-14(12)23-16)17(22)20-8-1-2-9-20/h3-7,10,21H,1-2,8-9H2. The van der Waals surface area contributed by atoms with E-state index in [0.717, 1.165) is 36.1 Å². The molecule has 4 rings (SSSR count). The molecule has 6 heteroatoms. The number of aromatic hydroxyl groups is 1. The SMILES string of the molecule is O=C(c1ccc2nc(-c3ncccc3O)sc2c1)N1CCCC1. The van der Waals surface area contributed by atoms with Crippen molar-refractivity contribution < 1.29 is 9.90 Å². The van der Waals surface area contributed by atoms with E-state index in [4.69, 9.17) is 0 Å². The number of carbonyl (C=O) groups is 1. The van der Waals surface area contributed by atoms with Crippen molar-refractivity contribution in [2.45, 2.75) is 12.8 Å². The average molecular weight is 325 g/mol. The van der Waals surface area contributed by atoms with Gasteiger partial charge in [0.2, 0.25) is 0 Å². The zero-order chi connectivity index (χ0) is 15.8. The molecule has 1 N–H and O–H groups in total. The largest absolute Gasteiger partial charge is 0.506 e. The van der Waals surface area contributed by atoms with E-state index in [1.165, 1.54) is 11.3 Å². The lowest BCUT2D eigenvalue weighted by Gasteiger charge is -2.14. The van der Waals surface area contributed by atoms with Crippen LogP contribution in [0.4, 0.5) is 0 Å². The number of carbonyl (C=O) groups excluding carboxylic acids is 1. The molecule has 3 heterocycles. The molecule has 1 saturated heterocycles. The van der Waals surface area contributed by atoms with Crippen molar-refractivity contribution in [3.05, 3.63) is 42.1 Å². The second-order valence-corrected chi connectivity index (χ2v) is 6.60. The Balaban J connectivity index is 1.72. The highest BCUT2D eigenvalue weighted by molar-refractivity contribution is 7.21. The summed E-state index contributed by atoms with van der Waals surface area (Å²) in [7, 11) is 0. The predicted molar refractivity (Wildman–Crippen MR) is 89.7 cm³/mol. The zero-order valence-electron chi connectivity index (χ0n) is 12.4. The lowest BCUT2D eigenvalue weighted by Crippen LogP contribution is -2.27. The maximum Gasteiger partial charge on any atom is 0.253 e. The van der Waals surface area contributed by atoms with Crippen LogP contribution >= 0.6 is 11.3 Å². The molecule has 0 spiro atoms. The average Bonchev–Trinajstić information content (AvgIpc) is 3.23. The summed E-state index contributed by atoms with van der Waals surface area (Å²) in [4.78, 5) is 23.1. The summed E-state index contributed by atoms with van der Waals surface area (Å²) in [5.74, 6) is 0.194. The fourth-order valence-electron chi connectivity index (χ4n) is 2.82. The molecule has 0 unspecified atom stereocenters. The molecule has 3 aromatic rings. The van der Waals surface area contributed by atoms with E-state index < -0.39 is 0 Å². The van der Waals surface area contributed by atoms with Crippen LogP contribution < -0.4 is 0 Å². The number of amides is 1. The van der Waals surface area contributed by atoms with Gasteiger partial charge in [-0.3, -0.25) is 4.79 Å². The van der Waals surface area contributed by atoms with Crippen LogP contribution in [0.1, 0.15) is 23.2 Å². The molecule has 23 heavy (non-hydrogen) atoms. The van der Waals surface area contributed by atoms with Crippen molar-refractivity contribution in [3.63, 3.8) is 0 Å². The minimum Gasteiger partial charge on any atom is -0.506 e. The van der Waals surface area contributed by atoms with Crippen molar-refractivity contribution >= 4 is 27.5 Å². The number of thiazole rings is 1. The van der Waals surface area contributed by atoms with Crippen LogP contribution in [0.15, 0.2) is 36.5 Å². The topological polar surface area (TPSA) is 66.3 Å². The van der Waals surface area contributed by atoms with Crippen molar-refractivity contribution in [1.82, 2.24) is 14.9 Å². The maximum atomic E-state index is 12.5. The summed E-state index contributed by atoms with van der Waals surface area (Å²) in [5.41, 5.74) is 1.98. The molecule has 116 valence electrons. The third-order valence-electron chi connectivity index (χ3n) is 4.02. The molecule has 1 amide bonds. The van der Waals surface area contributed by atoms with E-state index in [1.54, 1.807) is 18.3 Å². The second-order valence-electron chi connectivity index (χ2n) is 5.57. The van der Waals surface area contributed by atoms with Crippen molar-refractivity contribution in [3.8, 4) is 16.5 Å². The van der Waals surface area contributed by atoms with Gasteiger partial charge in [-0.25, -0.2) is 9.97 Å². The van der Waals surface area contributed by atoms with E-state index in [0.29, 0.717) is 16.3 Å². The second kappa shape index (κ2) is 5.62. The smallest absolute Gasteiger partial charge is 0.253 e. The van der Waals surface area contributed by atoms with Gasteiger partial charge in [0.1, 0.15) is 16.5 Å². The van der Waals surface area contributed by atoms with E-state index in [9.17, 15) is 9.90 Å². The molecular formula is C17H15N3O2S. The van der Waals surface area contributed by atoms with Crippen LogP contribution in [0.2, 0.25) is 0 Å². The molecule has 0 radical (unpaired) electrons. The lowest BCUT2D eigenvalue weighted by molar-refractivity contribution is 0.0793. The van der Waals surface area contributed by atoms with Gasteiger partial charge in [-0.1, -0.05) is 0 Å². The monoisotopic (exact) mass is 325 g/mol. The molecule has 1 aliphatic heterocycles. The van der Waals surface area contributed by atoms with E-state index in [1.807, 2.05) is 23.1 Å². The van der Waals surface area contributed by atoms with Gasteiger partial charge in [-0.15, -0.1) is 11.3 Å². The number of hydrogen-bond donors (Lipinski definition) is 1. The number of benzene rings is 1. The van der Waals surface area contributed by atoms with Crippen molar-refractivity contribution in [2.24, 2.45) is 0 Å². The summed E-state index contributed by atoms with van der Waals surface area (Å²) >= 11 is 1.43. The van der Waals surface area contributed by atoms with Crippen molar-refractivity contribution in [2.75, 3.05) is 13.1 Å². The van der Waals surface area contributed by atoms with Gasteiger partial charge in [0.05, 0.1) is 10.2 Å². The van der Waals surface area contributed by atoms with Gasteiger partial charge in [0, 0.05) is 24.8 Å². The Labute approximate surface area is 137 Å². The van der Waals surface area contributed by atoms with Gasteiger partial charge in [-0.05, 0) is 43.2 Å². The fourth-order valence-corrected chi connectivity index (χ4v) is 3.83. The van der Waals surface area contributed by atoms with Crippen LogP contribution in [0.3, 0.4) is 0 Å². The Morgan fingerprint density at radius 1 is 1.22 bits per heavy atom. The number of aromatic nitrogens is 2. The third-order valence-corrected chi connectivity index (χ3v) is 5.04. The van der Waals surface area contributed by atoms with E-state index in [-0.39, 0.29) is 11.7 Å². The fraction of sp³-hybridized carbons (Fsp3) is 0.235. The van der Waals surface area contributed by atoms with Gasteiger partial charge in [0.15, 0.2) is 0 Å². The molecule has 1 aromatic carbocycles. The number of hydrogen-bond acceptors (Lipinski definition) is 5. The number of likely N-dealkylation sites (tertiary alicyclic amines) is 1. The summed E-state index contributed by atoms with van der Waals surface area (Å²) in [6, 6.07) is 8.84. The van der Waals surface area contributed by atoms with Gasteiger partial charge in [0.25, 0.3) is 5.91 Å². The molecule has 1 aliphatic rings. The predicted octanol–water partition coefficient (Wildman–Crippen LogP) is 3.30. The first-order valence-electron chi connectivity index (χ1n) is 7.56. The van der Waals surface area contributed by atoms with E-state index >= 15 is 0 Å². The van der Waals surface area contributed by atoms with Gasteiger partial charge in [-0.2, -0.15) is 0 Å². The molecular weight excluding hydrogens is 310 g/mol. The molecule has 5 nitrogen and oxygen atoms in total. The van der Waals surface area contributed by atoms with Crippen LogP contribution in [-0.2, 0) is 0 Å². The quantitative estimate of drug-likeness (QED) is 0.785. The highest BCUT2D eigenvalue weighted by Gasteiger charge is 2.20.